The lowest BCUT2D eigenvalue weighted by molar-refractivity contribution is 0.920. The first-order valence-electron chi connectivity index (χ1n) is 6.04. The number of rotatable bonds is 3. The van der Waals surface area contributed by atoms with Crippen molar-refractivity contribution >= 4 is 17.3 Å². The summed E-state index contributed by atoms with van der Waals surface area (Å²) in [4.78, 5) is 1.95. The van der Waals surface area contributed by atoms with Gasteiger partial charge in [0, 0.05) is 18.6 Å². The molecule has 0 atom stereocenters. The van der Waals surface area contributed by atoms with Crippen LogP contribution >= 0.6 is 11.6 Å². The molecule has 0 heterocycles. The molecule has 0 amide bonds. The van der Waals surface area contributed by atoms with E-state index < -0.39 is 0 Å². The maximum absolute atomic E-state index is 9.14. The number of nitrogens with zero attached hydrogens (tertiary/aromatic N) is 3. The number of anilines is 1. The zero-order valence-electron chi connectivity index (χ0n) is 11.0. The van der Waals surface area contributed by atoms with Gasteiger partial charge in [-0.1, -0.05) is 23.7 Å². The Kier molecular flexibility index (Phi) is 4.25. The van der Waals surface area contributed by atoms with Crippen LogP contribution in [-0.4, -0.2) is 7.05 Å². The zero-order valence-corrected chi connectivity index (χ0v) is 11.7. The molecule has 98 valence electrons. The van der Waals surface area contributed by atoms with Crippen molar-refractivity contribution in [3.05, 3.63) is 64.2 Å². The van der Waals surface area contributed by atoms with Crippen molar-refractivity contribution in [2.24, 2.45) is 0 Å². The second kappa shape index (κ2) is 6.10. The normalized spacial score (nSPS) is 9.60. The van der Waals surface area contributed by atoms with Crippen LogP contribution in [0.25, 0.3) is 0 Å². The van der Waals surface area contributed by atoms with Crippen molar-refractivity contribution in [3.63, 3.8) is 0 Å². The highest BCUT2D eigenvalue weighted by Gasteiger charge is 2.09. The Bertz CT molecular complexity index is 710. The van der Waals surface area contributed by atoms with E-state index in [2.05, 4.69) is 12.1 Å². The molecular formula is C16H12ClN3. The summed E-state index contributed by atoms with van der Waals surface area (Å²) in [5.74, 6) is 0. The van der Waals surface area contributed by atoms with Gasteiger partial charge >= 0.3 is 0 Å². The maximum atomic E-state index is 9.14. The molecule has 0 fully saturated rings. The van der Waals surface area contributed by atoms with Crippen LogP contribution < -0.4 is 4.90 Å². The van der Waals surface area contributed by atoms with Gasteiger partial charge < -0.3 is 4.90 Å². The molecule has 0 aliphatic rings. The standard InChI is InChI=1S/C16H12ClN3/c1-20(11-13-4-2-3-12(7-13)9-18)16-8-15(17)6-5-14(16)10-19/h2-8H,11H2,1H3. The first-order valence-corrected chi connectivity index (χ1v) is 6.41. The summed E-state index contributed by atoms with van der Waals surface area (Å²) in [7, 11) is 1.89. The molecule has 0 aliphatic carbocycles. The van der Waals surface area contributed by atoms with Crippen LogP contribution in [0.4, 0.5) is 5.69 Å². The molecule has 4 heteroatoms. The van der Waals surface area contributed by atoms with Gasteiger partial charge in [-0.15, -0.1) is 0 Å². The Labute approximate surface area is 123 Å². The fourth-order valence-corrected chi connectivity index (χ4v) is 2.18. The van der Waals surface area contributed by atoms with Gasteiger partial charge in [0.1, 0.15) is 6.07 Å². The monoisotopic (exact) mass is 281 g/mol. The molecule has 0 saturated heterocycles. The summed E-state index contributed by atoms with van der Waals surface area (Å²) in [5, 5.41) is 18.6. The molecular weight excluding hydrogens is 270 g/mol. The van der Waals surface area contributed by atoms with Gasteiger partial charge in [-0.3, -0.25) is 0 Å². The molecule has 0 N–H and O–H groups in total. The Morgan fingerprint density at radius 2 is 1.90 bits per heavy atom. The van der Waals surface area contributed by atoms with E-state index in [9.17, 15) is 0 Å². The first-order chi connectivity index (χ1) is 9.63. The fraction of sp³-hybridized carbons (Fsp3) is 0.125. The Morgan fingerprint density at radius 3 is 2.60 bits per heavy atom. The van der Waals surface area contributed by atoms with E-state index in [1.807, 2.05) is 30.1 Å². The van der Waals surface area contributed by atoms with E-state index >= 15 is 0 Å². The quantitative estimate of drug-likeness (QED) is 0.861. The number of hydrogen-bond acceptors (Lipinski definition) is 3. The van der Waals surface area contributed by atoms with Crippen LogP contribution in [0.5, 0.6) is 0 Å². The highest BCUT2D eigenvalue weighted by molar-refractivity contribution is 6.30. The predicted octanol–water partition coefficient (Wildman–Crippen LogP) is 3.72. The van der Waals surface area contributed by atoms with Crippen molar-refractivity contribution in [1.82, 2.24) is 0 Å². The third-order valence-corrected chi connectivity index (χ3v) is 3.20. The minimum absolute atomic E-state index is 0.577. The molecule has 2 aromatic rings. The Balaban J connectivity index is 2.28. The molecule has 0 unspecified atom stereocenters. The van der Waals surface area contributed by atoms with Gasteiger partial charge in [0.05, 0.1) is 22.9 Å². The first kappa shape index (κ1) is 13.9. The van der Waals surface area contributed by atoms with E-state index in [1.54, 1.807) is 24.3 Å². The van der Waals surface area contributed by atoms with Crippen LogP contribution in [0.1, 0.15) is 16.7 Å². The molecule has 2 rings (SSSR count). The SMILES string of the molecule is CN(Cc1cccc(C#N)c1)c1cc(Cl)ccc1C#N. The van der Waals surface area contributed by atoms with Crippen LogP contribution in [0.3, 0.4) is 0 Å². The predicted molar refractivity (Wildman–Crippen MR) is 79.4 cm³/mol. The van der Waals surface area contributed by atoms with Gasteiger partial charge in [0.15, 0.2) is 0 Å². The lowest BCUT2D eigenvalue weighted by atomic mass is 10.1. The fourth-order valence-electron chi connectivity index (χ4n) is 2.01. The summed E-state index contributed by atoms with van der Waals surface area (Å²) >= 11 is 5.99. The second-order valence-electron chi connectivity index (χ2n) is 4.44. The van der Waals surface area contributed by atoms with Crippen molar-refractivity contribution in [1.29, 1.82) is 10.5 Å². The Morgan fingerprint density at radius 1 is 1.10 bits per heavy atom. The third-order valence-electron chi connectivity index (χ3n) is 2.97. The van der Waals surface area contributed by atoms with Crippen molar-refractivity contribution < 1.29 is 0 Å². The highest BCUT2D eigenvalue weighted by atomic mass is 35.5. The molecule has 0 aliphatic heterocycles. The molecule has 0 saturated carbocycles. The lowest BCUT2D eigenvalue weighted by Crippen LogP contribution is -2.17. The molecule has 0 bridgehead atoms. The van der Waals surface area contributed by atoms with Gasteiger partial charge in [0.2, 0.25) is 0 Å². The topological polar surface area (TPSA) is 50.8 Å². The van der Waals surface area contributed by atoms with Crippen LogP contribution in [0.15, 0.2) is 42.5 Å². The van der Waals surface area contributed by atoms with Crippen LogP contribution in [-0.2, 0) is 6.54 Å². The molecule has 3 nitrogen and oxygen atoms in total. The number of nitriles is 2. The van der Waals surface area contributed by atoms with Crippen molar-refractivity contribution in [2.75, 3.05) is 11.9 Å². The summed E-state index contributed by atoms with van der Waals surface area (Å²) < 4.78 is 0. The largest absolute Gasteiger partial charge is 0.369 e. The lowest BCUT2D eigenvalue weighted by Gasteiger charge is -2.21. The zero-order chi connectivity index (χ0) is 14.5. The summed E-state index contributed by atoms with van der Waals surface area (Å²) in [6.45, 7) is 0.602. The van der Waals surface area contributed by atoms with E-state index in [0.717, 1.165) is 11.3 Å². The van der Waals surface area contributed by atoms with Gasteiger partial charge in [0.25, 0.3) is 0 Å². The molecule has 0 spiro atoms. The number of hydrogen-bond donors (Lipinski definition) is 0. The van der Waals surface area contributed by atoms with E-state index in [4.69, 9.17) is 22.1 Å². The van der Waals surface area contributed by atoms with Crippen LogP contribution in [0, 0.1) is 22.7 Å². The maximum Gasteiger partial charge on any atom is 0.101 e. The highest BCUT2D eigenvalue weighted by Crippen LogP contribution is 2.24. The van der Waals surface area contributed by atoms with Crippen molar-refractivity contribution in [2.45, 2.75) is 6.54 Å². The van der Waals surface area contributed by atoms with Crippen molar-refractivity contribution in [3.8, 4) is 12.1 Å². The molecule has 0 radical (unpaired) electrons. The minimum atomic E-state index is 0.577. The number of halogens is 1. The van der Waals surface area contributed by atoms with Gasteiger partial charge in [-0.2, -0.15) is 10.5 Å². The van der Waals surface area contributed by atoms with E-state index in [0.29, 0.717) is 22.7 Å². The average molecular weight is 282 g/mol. The van der Waals surface area contributed by atoms with E-state index in [-0.39, 0.29) is 0 Å². The second-order valence-corrected chi connectivity index (χ2v) is 4.88. The summed E-state index contributed by atoms with van der Waals surface area (Å²) in [5.41, 5.74) is 2.99. The molecule has 2 aromatic carbocycles. The minimum Gasteiger partial charge on any atom is -0.369 e. The van der Waals surface area contributed by atoms with Gasteiger partial charge in [-0.25, -0.2) is 0 Å². The number of benzene rings is 2. The van der Waals surface area contributed by atoms with Gasteiger partial charge in [-0.05, 0) is 35.9 Å². The summed E-state index contributed by atoms with van der Waals surface area (Å²) in [6.07, 6.45) is 0. The summed E-state index contributed by atoms with van der Waals surface area (Å²) in [6, 6.07) is 16.9. The van der Waals surface area contributed by atoms with E-state index in [1.165, 1.54) is 0 Å². The smallest absolute Gasteiger partial charge is 0.101 e. The Hall–Kier alpha value is -2.49. The molecule has 20 heavy (non-hydrogen) atoms. The van der Waals surface area contributed by atoms with Crippen LogP contribution in [0.2, 0.25) is 5.02 Å². The third kappa shape index (κ3) is 3.09. The molecule has 0 aromatic heterocycles. The average Bonchev–Trinajstić information content (AvgIpc) is 2.47.